The zero-order valence-corrected chi connectivity index (χ0v) is 18.5. The van der Waals surface area contributed by atoms with Gasteiger partial charge in [0, 0.05) is 11.9 Å². The van der Waals surface area contributed by atoms with Crippen molar-refractivity contribution in [1.82, 2.24) is 4.90 Å². The van der Waals surface area contributed by atoms with Crippen molar-refractivity contribution < 1.29 is 0 Å². The van der Waals surface area contributed by atoms with Gasteiger partial charge < -0.3 is 4.90 Å². The maximum absolute atomic E-state index is 6.38. The Morgan fingerprint density at radius 2 is 1.54 bits per heavy atom. The van der Waals surface area contributed by atoms with Crippen LogP contribution in [-0.4, -0.2) is 35.3 Å². The third kappa shape index (κ3) is 6.51. The van der Waals surface area contributed by atoms with Gasteiger partial charge in [-0.15, -0.1) is 23.2 Å². The van der Waals surface area contributed by atoms with Crippen LogP contribution < -0.4 is 0 Å². The summed E-state index contributed by atoms with van der Waals surface area (Å²) in [6, 6.07) is 20.0. The normalized spacial score (nSPS) is 22.5. The van der Waals surface area contributed by atoms with Gasteiger partial charge in [0.25, 0.3) is 0 Å². The van der Waals surface area contributed by atoms with E-state index in [0.29, 0.717) is 5.92 Å². The molecule has 2 aromatic carbocycles. The molecule has 152 valence electrons. The van der Waals surface area contributed by atoms with Gasteiger partial charge in [-0.05, 0) is 74.2 Å². The van der Waals surface area contributed by atoms with E-state index in [1.807, 2.05) is 0 Å². The molecule has 1 aliphatic rings. The van der Waals surface area contributed by atoms with Crippen LogP contribution in [0.3, 0.4) is 0 Å². The molecule has 0 heterocycles. The molecule has 1 saturated carbocycles. The van der Waals surface area contributed by atoms with Gasteiger partial charge >= 0.3 is 0 Å². The summed E-state index contributed by atoms with van der Waals surface area (Å²) < 4.78 is 0. The van der Waals surface area contributed by atoms with Crippen LogP contribution in [-0.2, 0) is 12.8 Å². The molecule has 28 heavy (non-hydrogen) atoms. The van der Waals surface area contributed by atoms with Crippen LogP contribution in [0.15, 0.2) is 54.6 Å². The zero-order valence-electron chi connectivity index (χ0n) is 17.0. The second kappa shape index (κ2) is 11.2. The summed E-state index contributed by atoms with van der Waals surface area (Å²) in [5.74, 6) is 0.570. The van der Waals surface area contributed by atoms with Crippen LogP contribution in [0.25, 0.3) is 0 Å². The third-order valence-electron chi connectivity index (χ3n) is 6.09. The lowest BCUT2D eigenvalue weighted by Gasteiger charge is -2.29. The van der Waals surface area contributed by atoms with Gasteiger partial charge in [-0.3, -0.25) is 0 Å². The molecule has 3 atom stereocenters. The molecule has 3 rings (SSSR count). The van der Waals surface area contributed by atoms with Crippen molar-refractivity contribution in [3.05, 3.63) is 71.3 Å². The standard InChI is InChI=1S/C25H33Cl2N/c1-2-28(18-16-20-7-4-3-5-8-20)17-6-9-21-10-12-22(13-11-21)23-14-15-24(26)25(27)19-23/h3-5,7-8,10-13,23-25H,2,6,9,14-19H2,1H3. The summed E-state index contributed by atoms with van der Waals surface area (Å²) in [4.78, 5) is 2.56. The van der Waals surface area contributed by atoms with E-state index >= 15 is 0 Å². The largest absolute Gasteiger partial charge is 0.303 e. The number of benzene rings is 2. The van der Waals surface area contributed by atoms with Crippen LogP contribution in [0.1, 0.15) is 55.2 Å². The Hall–Kier alpha value is -1.02. The molecule has 0 N–H and O–H groups in total. The van der Waals surface area contributed by atoms with E-state index in [0.717, 1.165) is 45.2 Å². The minimum Gasteiger partial charge on any atom is -0.303 e. The minimum atomic E-state index is 0.107. The van der Waals surface area contributed by atoms with E-state index in [4.69, 9.17) is 23.2 Å². The van der Waals surface area contributed by atoms with Crippen molar-refractivity contribution in [1.29, 1.82) is 0 Å². The first-order chi connectivity index (χ1) is 13.7. The van der Waals surface area contributed by atoms with Gasteiger partial charge in [0.2, 0.25) is 0 Å². The molecule has 0 saturated heterocycles. The lowest BCUT2D eigenvalue weighted by molar-refractivity contribution is 0.288. The maximum atomic E-state index is 6.38. The Kier molecular flexibility index (Phi) is 8.70. The molecule has 0 aromatic heterocycles. The van der Waals surface area contributed by atoms with E-state index in [2.05, 4.69) is 66.4 Å². The average Bonchev–Trinajstić information content (AvgIpc) is 2.74. The van der Waals surface area contributed by atoms with Crippen LogP contribution >= 0.6 is 23.2 Å². The quantitative estimate of drug-likeness (QED) is 0.411. The summed E-state index contributed by atoms with van der Waals surface area (Å²) in [7, 11) is 0. The van der Waals surface area contributed by atoms with Gasteiger partial charge in [0.05, 0.1) is 5.38 Å². The predicted octanol–water partition coefficient (Wildman–Crippen LogP) is 6.67. The fraction of sp³-hybridized carbons (Fsp3) is 0.520. The number of likely N-dealkylation sites (N-methyl/N-ethyl adjacent to an activating group) is 1. The number of nitrogens with zero attached hydrogens (tertiary/aromatic N) is 1. The number of aryl methyl sites for hydroxylation is 1. The maximum Gasteiger partial charge on any atom is 0.0505 e. The molecule has 3 unspecified atom stereocenters. The molecule has 0 spiro atoms. The average molecular weight is 418 g/mol. The highest BCUT2D eigenvalue weighted by Gasteiger charge is 2.28. The van der Waals surface area contributed by atoms with Gasteiger partial charge in [0.1, 0.15) is 0 Å². The fourth-order valence-corrected chi connectivity index (χ4v) is 4.77. The first-order valence-corrected chi connectivity index (χ1v) is 11.7. The van der Waals surface area contributed by atoms with E-state index in [1.165, 1.54) is 29.7 Å². The number of alkyl halides is 2. The molecule has 0 aliphatic heterocycles. The van der Waals surface area contributed by atoms with Crippen LogP contribution in [0.5, 0.6) is 0 Å². The Morgan fingerprint density at radius 3 is 2.21 bits per heavy atom. The zero-order chi connectivity index (χ0) is 19.8. The molecule has 2 aromatic rings. The van der Waals surface area contributed by atoms with Crippen LogP contribution in [0, 0.1) is 0 Å². The van der Waals surface area contributed by atoms with E-state index in [-0.39, 0.29) is 10.8 Å². The molecule has 3 heteroatoms. The first-order valence-electron chi connectivity index (χ1n) is 10.8. The molecule has 0 radical (unpaired) electrons. The highest BCUT2D eigenvalue weighted by molar-refractivity contribution is 6.30. The van der Waals surface area contributed by atoms with Crippen molar-refractivity contribution in [3.8, 4) is 0 Å². The molecule has 1 fully saturated rings. The molecule has 0 bridgehead atoms. The van der Waals surface area contributed by atoms with Gasteiger partial charge in [0.15, 0.2) is 0 Å². The SMILES string of the molecule is CCN(CCCc1ccc(C2CCC(Cl)C(Cl)C2)cc1)CCc1ccccc1. The van der Waals surface area contributed by atoms with Crippen molar-refractivity contribution in [2.24, 2.45) is 0 Å². The number of halogens is 2. The van der Waals surface area contributed by atoms with Crippen LogP contribution in [0.2, 0.25) is 0 Å². The minimum absolute atomic E-state index is 0.107. The number of hydrogen-bond acceptors (Lipinski definition) is 1. The van der Waals surface area contributed by atoms with Crippen molar-refractivity contribution in [3.63, 3.8) is 0 Å². The van der Waals surface area contributed by atoms with Crippen molar-refractivity contribution in [2.45, 2.75) is 62.1 Å². The van der Waals surface area contributed by atoms with E-state index < -0.39 is 0 Å². The second-order valence-electron chi connectivity index (χ2n) is 8.06. The lowest BCUT2D eigenvalue weighted by atomic mass is 9.83. The third-order valence-corrected chi connectivity index (χ3v) is 7.22. The summed E-state index contributed by atoms with van der Waals surface area (Å²) in [5, 5.41) is 0.247. The fourth-order valence-electron chi connectivity index (χ4n) is 4.20. The summed E-state index contributed by atoms with van der Waals surface area (Å²) >= 11 is 12.6. The Balaban J connectivity index is 1.41. The Labute approximate surface area is 181 Å². The van der Waals surface area contributed by atoms with E-state index in [1.54, 1.807) is 0 Å². The highest BCUT2D eigenvalue weighted by Crippen LogP contribution is 2.37. The van der Waals surface area contributed by atoms with Gasteiger partial charge in [-0.2, -0.15) is 0 Å². The molecule has 1 nitrogen and oxygen atoms in total. The first kappa shape index (κ1) is 21.7. The Morgan fingerprint density at radius 1 is 0.821 bits per heavy atom. The van der Waals surface area contributed by atoms with E-state index in [9.17, 15) is 0 Å². The molecule has 1 aliphatic carbocycles. The lowest BCUT2D eigenvalue weighted by Crippen LogP contribution is -2.27. The monoisotopic (exact) mass is 417 g/mol. The number of hydrogen-bond donors (Lipinski definition) is 0. The summed E-state index contributed by atoms with van der Waals surface area (Å²) in [6.07, 6.45) is 6.68. The summed E-state index contributed by atoms with van der Waals surface area (Å²) in [5.41, 5.74) is 4.30. The van der Waals surface area contributed by atoms with Crippen molar-refractivity contribution >= 4 is 23.2 Å². The molecule has 0 amide bonds. The predicted molar refractivity (Wildman–Crippen MR) is 123 cm³/mol. The second-order valence-corrected chi connectivity index (χ2v) is 9.18. The van der Waals surface area contributed by atoms with Gasteiger partial charge in [-0.1, -0.05) is 61.5 Å². The molecular formula is C25H33Cl2N. The summed E-state index contributed by atoms with van der Waals surface area (Å²) in [6.45, 7) is 5.69. The highest BCUT2D eigenvalue weighted by atomic mass is 35.5. The van der Waals surface area contributed by atoms with Gasteiger partial charge in [-0.25, -0.2) is 0 Å². The topological polar surface area (TPSA) is 3.24 Å². The van der Waals surface area contributed by atoms with Crippen LogP contribution in [0.4, 0.5) is 0 Å². The smallest absolute Gasteiger partial charge is 0.0505 e. The Bertz CT molecular complexity index is 685. The molecular weight excluding hydrogens is 385 g/mol. The van der Waals surface area contributed by atoms with Crippen molar-refractivity contribution in [2.75, 3.05) is 19.6 Å². The number of rotatable bonds is 9.